The number of carbonyl (C=O) groups excluding carboxylic acids is 1. The van der Waals surface area contributed by atoms with E-state index in [0.717, 1.165) is 33.2 Å². The maximum Gasteiger partial charge on any atom is 0.306 e. The molecule has 5 aromatic rings. The van der Waals surface area contributed by atoms with E-state index in [2.05, 4.69) is 61.4 Å². The Kier molecular flexibility index (Phi) is 8.52. The van der Waals surface area contributed by atoms with Gasteiger partial charge in [0, 0.05) is 36.8 Å². The minimum Gasteiger partial charge on any atom is -0.469 e. The molecular formula is C36H34ClN5O3. The van der Waals surface area contributed by atoms with Gasteiger partial charge in [-0.15, -0.1) is 0 Å². The largest absolute Gasteiger partial charge is 0.469 e. The Morgan fingerprint density at radius 2 is 2.04 bits per heavy atom. The number of rotatable bonds is 10. The van der Waals surface area contributed by atoms with E-state index in [4.69, 9.17) is 35.7 Å². The van der Waals surface area contributed by atoms with Gasteiger partial charge in [-0.3, -0.25) is 9.78 Å². The van der Waals surface area contributed by atoms with Gasteiger partial charge in [0.15, 0.2) is 11.4 Å². The van der Waals surface area contributed by atoms with E-state index >= 15 is 0 Å². The van der Waals surface area contributed by atoms with E-state index in [-0.39, 0.29) is 18.3 Å². The minimum atomic E-state index is -0.937. The summed E-state index contributed by atoms with van der Waals surface area (Å²) < 4.78 is 11.3. The number of hydrogen-bond donors (Lipinski definition) is 2. The molecule has 9 heteroatoms. The zero-order chi connectivity index (χ0) is 31.6. The smallest absolute Gasteiger partial charge is 0.306 e. The fraction of sp³-hybridized carbons (Fsp3) is 0.222. The fourth-order valence-corrected chi connectivity index (χ4v) is 6.12. The van der Waals surface area contributed by atoms with Crippen LogP contribution in [0.5, 0.6) is 0 Å². The van der Waals surface area contributed by atoms with Crippen LogP contribution in [0.4, 0.5) is 5.82 Å². The number of nitrogens with zero attached hydrogens (tertiary/aromatic N) is 3. The molecule has 6 rings (SSSR count). The molecule has 2 N–H and O–H groups in total. The molecule has 1 aliphatic rings. The van der Waals surface area contributed by atoms with Crippen LogP contribution in [0.25, 0.3) is 33.7 Å². The number of aryl methyl sites for hydroxylation is 1. The number of esters is 1. The highest BCUT2D eigenvalue weighted by Gasteiger charge is 2.45. The van der Waals surface area contributed by atoms with Gasteiger partial charge in [-0.05, 0) is 65.1 Å². The third kappa shape index (κ3) is 5.87. The predicted molar refractivity (Wildman–Crippen MR) is 180 cm³/mol. The van der Waals surface area contributed by atoms with Crippen molar-refractivity contribution >= 4 is 57.0 Å². The first-order valence-corrected chi connectivity index (χ1v) is 15.2. The van der Waals surface area contributed by atoms with Crippen LogP contribution in [0, 0.1) is 12.8 Å². The fourth-order valence-electron chi connectivity index (χ4n) is 5.84. The molecule has 0 spiro atoms. The number of pyridine rings is 2. The summed E-state index contributed by atoms with van der Waals surface area (Å²) in [6, 6.07) is 16.1. The average molecular weight is 620 g/mol. The van der Waals surface area contributed by atoms with Crippen LogP contribution in [0.15, 0.2) is 90.1 Å². The number of nitrogens with one attached hydrogen (secondary N) is 2. The van der Waals surface area contributed by atoms with Gasteiger partial charge < -0.3 is 19.8 Å². The van der Waals surface area contributed by atoms with Crippen molar-refractivity contribution in [1.29, 1.82) is 0 Å². The molecule has 0 radical (unpaired) electrons. The standard InChI is InChI=1S/C36H34ClN5O3/c1-5-24-17-26-12-16-39-34(32(26)40-21-24)42-36(14-8-11-28(23(36)3)27-10-7-6-9-22(27)2)35-41-30-19-25(18-29(37)33(30)45-35)20-38-15-13-31(43)44-4/h5-12,14,16-19,21,23,38H,1,13,15,20H2,2-4H3,(H,39,42). The molecule has 8 nitrogen and oxygen atoms in total. The lowest BCUT2D eigenvalue weighted by Crippen LogP contribution is -2.42. The van der Waals surface area contributed by atoms with Crippen LogP contribution in [0.2, 0.25) is 5.02 Å². The number of anilines is 1. The number of carbonyl (C=O) groups is 1. The first-order chi connectivity index (χ1) is 21.8. The molecule has 45 heavy (non-hydrogen) atoms. The maximum absolute atomic E-state index is 11.5. The number of allylic oxidation sites excluding steroid dienone is 2. The summed E-state index contributed by atoms with van der Waals surface area (Å²) in [5, 5.41) is 8.38. The summed E-state index contributed by atoms with van der Waals surface area (Å²) in [7, 11) is 1.38. The lowest BCUT2D eigenvalue weighted by molar-refractivity contribution is -0.140. The lowest BCUT2D eigenvalue weighted by atomic mass is 9.73. The van der Waals surface area contributed by atoms with E-state index in [1.165, 1.54) is 12.7 Å². The monoisotopic (exact) mass is 619 g/mol. The highest BCUT2D eigenvalue weighted by atomic mass is 35.5. The van der Waals surface area contributed by atoms with Crippen molar-refractivity contribution in [3.05, 3.63) is 119 Å². The Balaban J connectivity index is 1.44. The molecule has 1 aliphatic carbocycles. The summed E-state index contributed by atoms with van der Waals surface area (Å²) in [5.41, 5.74) is 6.22. The Hall–Kier alpha value is -4.79. The second-order valence-electron chi connectivity index (χ2n) is 11.2. The Morgan fingerprint density at radius 1 is 1.20 bits per heavy atom. The van der Waals surface area contributed by atoms with Crippen LogP contribution >= 0.6 is 11.6 Å². The number of hydrogen-bond acceptors (Lipinski definition) is 8. The summed E-state index contributed by atoms with van der Waals surface area (Å²) in [6.07, 6.45) is 11.9. The molecule has 0 saturated carbocycles. The second-order valence-corrected chi connectivity index (χ2v) is 11.6. The number of halogens is 1. The molecule has 2 aromatic carbocycles. The van der Waals surface area contributed by atoms with E-state index in [9.17, 15) is 4.79 Å². The van der Waals surface area contributed by atoms with Crippen molar-refractivity contribution in [2.75, 3.05) is 19.0 Å². The van der Waals surface area contributed by atoms with Crippen molar-refractivity contribution in [1.82, 2.24) is 20.3 Å². The SMILES string of the molecule is C=Cc1cnc2c(NC3(c4nc5cc(CNCCC(=O)OC)cc(Cl)c5o4)C=CC=C(c4ccccc4C)C3C)nccc2c1. The van der Waals surface area contributed by atoms with Gasteiger partial charge in [0.05, 0.1) is 18.6 Å². The van der Waals surface area contributed by atoms with Gasteiger partial charge in [-0.25, -0.2) is 9.97 Å². The molecule has 3 aromatic heterocycles. The van der Waals surface area contributed by atoms with Gasteiger partial charge in [0.25, 0.3) is 0 Å². The number of methoxy groups -OCH3 is 1. The van der Waals surface area contributed by atoms with Crippen molar-refractivity contribution < 1.29 is 13.9 Å². The highest BCUT2D eigenvalue weighted by molar-refractivity contribution is 6.34. The second kappa shape index (κ2) is 12.7. The van der Waals surface area contributed by atoms with E-state index in [1.807, 2.05) is 36.4 Å². The van der Waals surface area contributed by atoms with Gasteiger partial charge in [0.2, 0.25) is 5.89 Å². The first-order valence-electron chi connectivity index (χ1n) is 14.8. The van der Waals surface area contributed by atoms with Gasteiger partial charge in [-0.1, -0.05) is 67.6 Å². The normalized spacial score (nSPS) is 17.8. The zero-order valence-corrected chi connectivity index (χ0v) is 26.2. The average Bonchev–Trinajstić information content (AvgIpc) is 3.50. The van der Waals surface area contributed by atoms with Crippen LogP contribution in [-0.4, -0.2) is 34.6 Å². The number of aromatic nitrogens is 3. The predicted octanol–water partition coefficient (Wildman–Crippen LogP) is 7.63. The molecule has 2 unspecified atom stereocenters. The summed E-state index contributed by atoms with van der Waals surface area (Å²) in [5.74, 6) is 0.661. The van der Waals surface area contributed by atoms with E-state index < -0.39 is 5.54 Å². The summed E-state index contributed by atoms with van der Waals surface area (Å²) in [6.45, 7) is 9.15. The minimum absolute atomic E-state index is 0.139. The Labute approximate surface area is 266 Å². The number of ether oxygens (including phenoxy) is 1. The van der Waals surface area contributed by atoms with Crippen molar-refractivity contribution in [2.24, 2.45) is 5.92 Å². The molecule has 0 saturated heterocycles. The van der Waals surface area contributed by atoms with Crippen molar-refractivity contribution in [3.8, 4) is 0 Å². The van der Waals surface area contributed by atoms with Gasteiger partial charge >= 0.3 is 5.97 Å². The quantitative estimate of drug-likeness (QED) is 0.122. The Morgan fingerprint density at radius 3 is 2.84 bits per heavy atom. The molecular weight excluding hydrogens is 586 g/mol. The Bertz CT molecular complexity index is 1980. The molecule has 0 aliphatic heterocycles. The first kappa shape index (κ1) is 30.2. The number of oxazole rings is 1. The number of fused-ring (bicyclic) bond motifs is 2. The maximum atomic E-state index is 11.5. The molecule has 0 amide bonds. The molecule has 2 atom stereocenters. The van der Waals surface area contributed by atoms with Crippen LogP contribution in [0.3, 0.4) is 0 Å². The third-order valence-electron chi connectivity index (χ3n) is 8.34. The molecule has 228 valence electrons. The van der Waals surface area contributed by atoms with Crippen LogP contribution in [0.1, 0.15) is 41.5 Å². The molecule has 3 heterocycles. The van der Waals surface area contributed by atoms with E-state index in [1.54, 1.807) is 18.5 Å². The van der Waals surface area contributed by atoms with Crippen LogP contribution in [-0.2, 0) is 21.6 Å². The topological polar surface area (TPSA) is 102 Å². The molecule has 0 fully saturated rings. The van der Waals surface area contributed by atoms with Crippen LogP contribution < -0.4 is 10.6 Å². The van der Waals surface area contributed by atoms with Gasteiger partial charge in [-0.2, -0.15) is 0 Å². The van der Waals surface area contributed by atoms with Gasteiger partial charge in [0.1, 0.15) is 16.6 Å². The third-order valence-corrected chi connectivity index (χ3v) is 8.62. The zero-order valence-electron chi connectivity index (χ0n) is 25.4. The molecule has 0 bridgehead atoms. The lowest BCUT2D eigenvalue weighted by Gasteiger charge is -2.39. The number of benzene rings is 2. The van der Waals surface area contributed by atoms with Crippen molar-refractivity contribution in [2.45, 2.75) is 32.4 Å². The highest BCUT2D eigenvalue weighted by Crippen LogP contribution is 2.46. The van der Waals surface area contributed by atoms with Crippen molar-refractivity contribution in [3.63, 3.8) is 0 Å². The summed E-state index contributed by atoms with van der Waals surface area (Å²) in [4.78, 5) is 26.0. The van der Waals surface area contributed by atoms with E-state index in [0.29, 0.717) is 40.9 Å². The summed E-state index contributed by atoms with van der Waals surface area (Å²) >= 11 is 6.78.